The quantitative estimate of drug-likeness (QED) is 0.881. The summed E-state index contributed by atoms with van der Waals surface area (Å²) in [5.74, 6) is -0.0254. The fourth-order valence-corrected chi connectivity index (χ4v) is 1.96. The fourth-order valence-electron chi connectivity index (χ4n) is 1.96. The monoisotopic (exact) mass is 247 g/mol. The van der Waals surface area contributed by atoms with Crippen molar-refractivity contribution in [3.63, 3.8) is 0 Å². The van der Waals surface area contributed by atoms with Gasteiger partial charge in [-0.25, -0.2) is 0 Å². The highest BCUT2D eigenvalue weighted by Gasteiger charge is 2.19. The number of aromatic amines is 1. The van der Waals surface area contributed by atoms with E-state index in [1.165, 1.54) is 0 Å². The zero-order chi connectivity index (χ0) is 13.3. The molecular formula is C12H17N5O. The van der Waals surface area contributed by atoms with E-state index in [9.17, 15) is 4.79 Å². The van der Waals surface area contributed by atoms with Gasteiger partial charge in [0.2, 0.25) is 0 Å². The molecule has 0 aliphatic rings. The van der Waals surface area contributed by atoms with E-state index in [0.29, 0.717) is 12.1 Å². The number of carbonyl (C=O) groups excluding carboxylic acids is 1. The first-order valence-electron chi connectivity index (χ1n) is 5.73. The number of hydrogen-bond donors (Lipinski definition) is 1. The molecule has 18 heavy (non-hydrogen) atoms. The van der Waals surface area contributed by atoms with Crippen molar-refractivity contribution in [2.45, 2.75) is 20.4 Å². The van der Waals surface area contributed by atoms with Gasteiger partial charge in [0.05, 0.1) is 17.5 Å². The maximum absolute atomic E-state index is 12.3. The molecule has 0 aliphatic carbocycles. The van der Waals surface area contributed by atoms with Gasteiger partial charge >= 0.3 is 0 Å². The van der Waals surface area contributed by atoms with Gasteiger partial charge in [0.1, 0.15) is 0 Å². The first kappa shape index (κ1) is 12.3. The molecule has 1 N–H and O–H groups in total. The topological polar surface area (TPSA) is 66.8 Å². The molecular weight excluding hydrogens is 230 g/mol. The minimum absolute atomic E-state index is 0.0254. The number of rotatable bonds is 3. The average Bonchev–Trinajstić information content (AvgIpc) is 2.85. The smallest absolute Gasteiger partial charge is 0.257 e. The van der Waals surface area contributed by atoms with Gasteiger partial charge in [-0.2, -0.15) is 10.2 Å². The summed E-state index contributed by atoms with van der Waals surface area (Å²) < 4.78 is 1.72. The maximum atomic E-state index is 12.3. The molecule has 2 rings (SSSR count). The summed E-state index contributed by atoms with van der Waals surface area (Å²) in [5.41, 5.74) is 3.19. The van der Waals surface area contributed by atoms with Crippen molar-refractivity contribution >= 4 is 5.91 Å². The van der Waals surface area contributed by atoms with Gasteiger partial charge in [0, 0.05) is 38.1 Å². The summed E-state index contributed by atoms with van der Waals surface area (Å²) in [6.45, 7) is 4.22. The minimum atomic E-state index is -0.0254. The highest BCUT2D eigenvalue weighted by molar-refractivity contribution is 5.96. The second kappa shape index (κ2) is 4.64. The third-order valence-corrected chi connectivity index (χ3v) is 2.87. The molecule has 2 aromatic rings. The molecule has 2 aromatic heterocycles. The lowest BCUT2D eigenvalue weighted by molar-refractivity contribution is 0.0783. The Morgan fingerprint density at radius 2 is 2.22 bits per heavy atom. The van der Waals surface area contributed by atoms with Crippen LogP contribution in [0, 0.1) is 13.8 Å². The molecule has 0 atom stereocenters. The average molecular weight is 247 g/mol. The van der Waals surface area contributed by atoms with Gasteiger partial charge in [-0.3, -0.25) is 14.6 Å². The molecule has 0 fully saturated rings. The molecule has 0 aliphatic heterocycles. The van der Waals surface area contributed by atoms with E-state index in [-0.39, 0.29) is 5.91 Å². The molecule has 2 heterocycles. The van der Waals surface area contributed by atoms with E-state index in [0.717, 1.165) is 17.0 Å². The second-order valence-corrected chi connectivity index (χ2v) is 4.49. The van der Waals surface area contributed by atoms with Crippen LogP contribution in [0.4, 0.5) is 0 Å². The van der Waals surface area contributed by atoms with Crippen LogP contribution < -0.4 is 0 Å². The van der Waals surface area contributed by atoms with Crippen molar-refractivity contribution in [3.8, 4) is 0 Å². The van der Waals surface area contributed by atoms with Crippen molar-refractivity contribution in [2.24, 2.45) is 7.05 Å². The molecule has 96 valence electrons. The first-order valence-corrected chi connectivity index (χ1v) is 5.73. The molecule has 0 saturated carbocycles. The van der Waals surface area contributed by atoms with Crippen LogP contribution in [0.1, 0.15) is 27.3 Å². The van der Waals surface area contributed by atoms with Crippen LogP contribution in [-0.2, 0) is 13.6 Å². The van der Waals surface area contributed by atoms with E-state index >= 15 is 0 Å². The molecule has 6 nitrogen and oxygen atoms in total. The van der Waals surface area contributed by atoms with Gasteiger partial charge in [0.25, 0.3) is 5.91 Å². The number of amides is 1. The summed E-state index contributed by atoms with van der Waals surface area (Å²) in [6, 6.07) is 0. The van der Waals surface area contributed by atoms with Crippen LogP contribution in [0.2, 0.25) is 0 Å². The highest BCUT2D eigenvalue weighted by Crippen LogP contribution is 2.13. The number of nitrogens with zero attached hydrogens (tertiary/aromatic N) is 4. The Bertz CT molecular complexity index is 549. The van der Waals surface area contributed by atoms with Crippen molar-refractivity contribution < 1.29 is 4.79 Å². The Labute approximate surface area is 106 Å². The molecule has 0 aromatic carbocycles. The van der Waals surface area contributed by atoms with Crippen molar-refractivity contribution in [1.82, 2.24) is 24.9 Å². The Balaban J connectivity index is 2.14. The summed E-state index contributed by atoms with van der Waals surface area (Å²) in [7, 11) is 3.64. The maximum Gasteiger partial charge on any atom is 0.257 e. The molecule has 0 saturated heterocycles. The number of hydrogen-bond acceptors (Lipinski definition) is 3. The Morgan fingerprint density at radius 3 is 2.72 bits per heavy atom. The molecule has 0 unspecified atom stereocenters. The molecule has 1 amide bonds. The van der Waals surface area contributed by atoms with Gasteiger partial charge in [-0.05, 0) is 13.8 Å². The lowest BCUT2D eigenvalue weighted by Crippen LogP contribution is -2.26. The highest BCUT2D eigenvalue weighted by atomic mass is 16.2. The number of nitrogens with one attached hydrogen (secondary N) is 1. The van der Waals surface area contributed by atoms with E-state index in [1.54, 1.807) is 22.8 Å². The van der Waals surface area contributed by atoms with Crippen LogP contribution in [-0.4, -0.2) is 37.8 Å². The fraction of sp³-hybridized carbons (Fsp3) is 0.417. The van der Waals surface area contributed by atoms with Crippen LogP contribution in [0.25, 0.3) is 0 Å². The summed E-state index contributed by atoms with van der Waals surface area (Å²) in [6.07, 6.45) is 3.66. The predicted molar refractivity (Wildman–Crippen MR) is 67.1 cm³/mol. The Hall–Kier alpha value is -2.11. The number of aryl methyl sites for hydroxylation is 3. The van der Waals surface area contributed by atoms with Crippen molar-refractivity contribution in [1.29, 1.82) is 0 Å². The number of aromatic nitrogens is 4. The van der Waals surface area contributed by atoms with Gasteiger partial charge < -0.3 is 4.90 Å². The first-order chi connectivity index (χ1) is 8.49. The largest absolute Gasteiger partial charge is 0.337 e. The number of carbonyl (C=O) groups is 1. The predicted octanol–water partition coefficient (Wildman–Crippen LogP) is 1.03. The van der Waals surface area contributed by atoms with E-state index in [1.807, 2.05) is 27.1 Å². The van der Waals surface area contributed by atoms with Crippen LogP contribution in [0.3, 0.4) is 0 Å². The SMILES string of the molecule is Cc1n[nH]c(C)c1C(=O)N(C)Cc1cnn(C)c1. The zero-order valence-electron chi connectivity index (χ0n) is 11.1. The lowest BCUT2D eigenvalue weighted by atomic mass is 10.1. The summed E-state index contributed by atoms with van der Waals surface area (Å²) in [4.78, 5) is 14.0. The van der Waals surface area contributed by atoms with Crippen LogP contribution in [0.15, 0.2) is 12.4 Å². The van der Waals surface area contributed by atoms with E-state index < -0.39 is 0 Å². The third kappa shape index (κ3) is 2.27. The van der Waals surface area contributed by atoms with E-state index in [4.69, 9.17) is 0 Å². The zero-order valence-corrected chi connectivity index (χ0v) is 11.1. The van der Waals surface area contributed by atoms with Crippen molar-refractivity contribution in [2.75, 3.05) is 7.05 Å². The summed E-state index contributed by atoms with van der Waals surface area (Å²) in [5, 5.41) is 11.0. The molecule has 6 heteroatoms. The molecule has 0 radical (unpaired) electrons. The lowest BCUT2D eigenvalue weighted by Gasteiger charge is -2.16. The summed E-state index contributed by atoms with van der Waals surface area (Å²) >= 11 is 0. The number of H-pyrrole nitrogens is 1. The molecule has 0 bridgehead atoms. The minimum Gasteiger partial charge on any atom is -0.337 e. The van der Waals surface area contributed by atoms with E-state index in [2.05, 4.69) is 15.3 Å². The van der Waals surface area contributed by atoms with Crippen molar-refractivity contribution in [3.05, 3.63) is 34.9 Å². The molecule has 0 spiro atoms. The Morgan fingerprint density at radius 1 is 1.50 bits per heavy atom. The van der Waals surface area contributed by atoms with Gasteiger partial charge in [-0.15, -0.1) is 0 Å². The second-order valence-electron chi connectivity index (χ2n) is 4.49. The normalized spacial score (nSPS) is 10.7. The standard InChI is InChI=1S/C12H17N5O/c1-8-11(9(2)15-14-8)12(18)16(3)6-10-5-13-17(4)7-10/h5,7H,6H2,1-4H3,(H,14,15). The van der Waals surface area contributed by atoms with Crippen LogP contribution >= 0.6 is 0 Å². The Kier molecular flexibility index (Phi) is 3.18. The third-order valence-electron chi connectivity index (χ3n) is 2.87. The van der Waals surface area contributed by atoms with Gasteiger partial charge in [-0.1, -0.05) is 0 Å². The van der Waals surface area contributed by atoms with Crippen LogP contribution in [0.5, 0.6) is 0 Å². The van der Waals surface area contributed by atoms with Gasteiger partial charge in [0.15, 0.2) is 0 Å².